The van der Waals surface area contributed by atoms with Crippen LogP contribution in [0, 0.1) is 0 Å². The molecule has 1 aromatic carbocycles. The summed E-state index contributed by atoms with van der Waals surface area (Å²) < 4.78 is 0. The van der Waals surface area contributed by atoms with Crippen LogP contribution in [0.1, 0.15) is 48.9 Å². The topological polar surface area (TPSA) is 69.6 Å². The Morgan fingerprint density at radius 3 is 2.50 bits per heavy atom. The Labute approximate surface area is 166 Å². The van der Waals surface area contributed by atoms with Crippen molar-refractivity contribution in [3.63, 3.8) is 0 Å². The summed E-state index contributed by atoms with van der Waals surface area (Å²) >= 11 is 0. The number of aromatic nitrogens is 2. The van der Waals surface area contributed by atoms with Crippen LogP contribution >= 0.6 is 0 Å². The standard InChI is InChI=1S/C22H28N4O2/c27-19-9-14-25(15-10-19)20-8-11-23-21(24-20)17-6-5-7-18(16-17)22(28)26-12-3-1-2-4-13-26/h5-8,11,16,19,27H,1-4,9-10,12-15H2. The van der Waals surface area contributed by atoms with Gasteiger partial charge in [0.15, 0.2) is 5.82 Å². The molecule has 3 heterocycles. The minimum atomic E-state index is -0.209. The summed E-state index contributed by atoms with van der Waals surface area (Å²) in [4.78, 5) is 26.3. The maximum absolute atomic E-state index is 12.9. The van der Waals surface area contributed by atoms with E-state index in [0.717, 1.165) is 63.2 Å². The van der Waals surface area contributed by atoms with Crippen molar-refractivity contribution >= 4 is 11.7 Å². The van der Waals surface area contributed by atoms with Gasteiger partial charge >= 0.3 is 0 Å². The van der Waals surface area contributed by atoms with Gasteiger partial charge in [-0.2, -0.15) is 0 Å². The van der Waals surface area contributed by atoms with E-state index in [1.54, 1.807) is 6.20 Å². The molecule has 1 N–H and O–H groups in total. The van der Waals surface area contributed by atoms with Crippen molar-refractivity contribution in [2.24, 2.45) is 0 Å². The summed E-state index contributed by atoms with van der Waals surface area (Å²) in [6, 6.07) is 9.57. The summed E-state index contributed by atoms with van der Waals surface area (Å²) in [6.07, 6.45) is 7.67. The monoisotopic (exact) mass is 380 g/mol. The van der Waals surface area contributed by atoms with Gasteiger partial charge in [0.2, 0.25) is 0 Å². The summed E-state index contributed by atoms with van der Waals surface area (Å²) in [6.45, 7) is 3.28. The first-order chi connectivity index (χ1) is 13.7. The fourth-order valence-corrected chi connectivity index (χ4v) is 4.01. The first kappa shape index (κ1) is 18.9. The molecule has 2 saturated heterocycles. The molecule has 0 saturated carbocycles. The largest absolute Gasteiger partial charge is 0.393 e. The van der Waals surface area contributed by atoms with E-state index in [2.05, 4.69) is 9.88 Å². The van der Waals surface area contributed by atoms with E-state index in [4.69, 9.17) is 4.98 Å². The Kier molecular flexibility index (Phi) is 5.86. The fraction of sp³-hybridized carbons (Fsp3) is 0.500. The summed E-state index contributed by atoms with van der Waals surface area (Å²) in [7, 11) is 0. The molecule has 0 bridgehead atoms. The number of anilines is 1. The second-order valence-electron chi connectivity index (χ2n) is 7.74. The molecule has 0 spiro atoms. The summed E-state index contributed by atoms with van der Waals surface area (Å²) in [5.74, 6) is 1.61. The number of piperidine rings is 1. The van der Waals surface area contributed by atoms with Gasteiger partial charge in [-0.15, -0.1) is 0 Å². The van der Waals surface area contributed by atoms with Crippen molar-refractivity contribution in [3.8, 4) is 11.4 Å². The van der Waals surface area contributed by atoms with Crippen LogP contribution in [0.15, 0.2) is 36.5 Å². The maximum atomic E-state index is 12.9. The quantitative estimate of drug-likeness (QED) is 0.886. The van der Waals surface area contributed by atoms with Crippen LogP contribution in [0.3, 0.4) is 0 Å². The van der Waals surface area contributed by atoms with Crippen LogP contribution in [0.25, 0.3) is 11.4 Å². The number of amides is 1. The van der Waals surface area contributed by atoms with E-state index in [9.17, 15) is 9.90 Å². The van der Waals surface area contributed by atoms with Crippen molar-refractivity contribution in [3.05, 3.63) is 42.1 Å². The number of carbonyl (C=O) groups is 1. The van der Waals surface area contributed by atoms with Crippen LogP contribution in [-0.4, -0.2) is 58.2 Å². The lowest BCUT2D eigenvalue weighted by Crippen LogP contribution is -2.36. The second kappa shape index (κ2) is 8.69. The minimum Gasteiger partial charge on any atom is -0.393 e. The zero-order chi connectivity index (χ0) is 19.3. The number of aliphatic hydroxyl groups is 1. The number of carbonyl (C=O) groups excluding carboxylic acids is 1. The summed E-state index contributed by atoms with van der Waals surface area (Å²) in [5, 5.41) is 9.72. The van der Waals surface area contributed by atoms with Gasteiger partial charge in [0.05, 0.1) is 6.10 Å². The summed E-state index contributed by atoms with van der Waals surface area (Å²) in [5.41, 5.74) is 1.56. The van der Waals surface area contributed by atoms with Gasteiger partial charge < -0.3 is 14.9 Å². The first-order valence-corrected chi connectivity index (χ1v) is 10.4. The maximum Gasteiger partial charge on any atom is 0.253 e. The van der Waals surface area contributed by atoms with E-state index in [-0.39, 0.29) is 12.0 Å². The van der Waals surface area contributed by atoms with Crippen LogP contribution in [0.4, 0.5) is 5.82 Å². The van der Waals surface area contributed by atoms with Gasteiger partial charge in [0.1, 0.15) is 5.82 Å². The lowest BCUT2D eigenvalue weighted by molar-refractivity contribution is 0.0761. The Hall–Kier alpha value is -2.47. The molecule has 28 heavy (non-hydrogen) atoms. The van der Waals surface area contributed by atoms with Crippen molar-refractivity contribution in [2.45, 2.75) is 44.6 Å². The normalized spacial score (nSPS) is 18.8. The van der Waals surface area contributed by atoms with E-state index in [1.165, 1.54) is 12.8 Å². The molecule has 2 aromatic rings. The van der Waals surface area contributed by atoms with Gasteiger partial charge in [-0.05, 0) is 43.9 Å². The van der Waals surface area contributed by atoms with Crippen LogP contribution in [-0.2, 0) is 0 Å². The highest BCUT2D eigenvalue weighted by atomic mass is 16.3. The molecule has 4 rings (SSSR count). The number of aliphatic hydroxyl groups excluding tert-OH is 1. The van der Waals surface area contributed by atoms with Crippen molar-refractivity contribution in [1.82, 2.24) is 14.9 Å². The van der Waals surface area contributed by atoms with Gasteiger partial charge in [0.25, 0.3) is 5.91 Å². The number of likely N-dealkylation sites (tertiary alicyclic amines) is 1. The Balaban J connectivity index is 1.54. The molecule has 0 aliphatic carbocycles. The molecule has 6 nitrogen and oxygen atoms in total. The molecule has 148 valence electrons. The van der Waals surface area contributed by atoms with Gasteiger partial charge in [-0.25, -0.2) is 9.97 Å². The third-order valence-electron chi connectivity index (χ3n) is 5.69. The SMILES string of the molecule is O=C(c1cccc(-c2nccc(N3CCC(O)CC3)n2)c1)N1CCCCCC1. The van der Waals surface area contributed by atoms with Crippen LogP contribution < -0.4 is 4.90 Å². The number of hydrogen-bond donors (Lipinski definition) is 1. The first-order valence-electron chi connectivity index (χ1n) is 10.4. The molecule has 0 unspecified atom stereocenters. The van der Waals surface area contributed by atoms with E-state index in [0.29, 0.717) is 11.4 Å². The highest BCUT2D eigenvalue weighted by Crippen LogP contribution is 2.23. The number of rotatable bonds is 3. The van der Waals surface area contributed by atoms with Gasteiger partial charge in [-0.1, -0.05) is 25.0 Å². The molecule has 0 radical (unpaired) electrons. The zero-order valence-corrected chi connectivity index (χ0v) is 16.3. The number of benzene rings is 1. The fourth-order valence-electron chi connectivity index (χ4n) is 4.01. The third-order valence-corrected chi connectivity index (χ3v) is 5.69. The number of hydrogen-bond acceptors (Lipinski definition) is 5. The van der Waals surface area contributed by atoms with Crippen LogP contribution in [0.2, 0.25) is 0 Å². The lowest BCUT2D eigenvalue weighted by Gasteiger charge is -2.30. The second-order valence-corrected chi connectivity index (χ2v) is 7.74. The van der Waals surface area contributed by atoms with E-state index in [1.807, 2.05) is 35.2 Å². The molecule has 6 heteroatoms. The zero-order valence-electron chi connectivity index (χ0n) is 16.3. The van der Waals surface area contributed by atoms with E-state index >= 15 is 0 Å². The van der Waals surface area contributed by atoms with Crippen molar-refractivity contribution in [2.75, 3.05) is 31.1 Å². The molecular formula is C22H28N4O2. The molecule has 0 atom stereocenters. The number of nitrogens with zero attached hydrogens (tertiary/aromatic N) is 4. The van der Waals surface area contributed by atoms with Gasteiger partial charge in [-0.3, -0.25) is 4.79 Å². The smallest absolute Gasteiger partial charge is 0.253 e. The molecular weight excluding hydrogens is 352 g/mol. The Morgan fingerprint density at radius 2 is 1.75 bits per heavy atom. The average Bonchev–Trinajstić information content (AvgIpc) is 3.03. The predicted molar refractivity (Wildman–Crippen MR) is 109 cm³/mol. The highest BCUT2D eigenvalue weighted by Gasteiger charge is 2.20. The molecule has 2 aliphatic heterocycles. The Bertz CT molecular complexity index is 810. The lowest BCUT2D eigenvalue weighted by atomic mass is 10.1. The van der Waals surface area contributed by atoms with Crippen molar-refractivity contribution < 1.29 is 9.90 Å². The van der Waals surface area contributed by atoms with Crippen LogP contribution in [0.5, 0.6) is 0 Å². The highest BCUT2D eigenvalue weighted by molar-refractivity contribution is 5.95. The average molecular weight is 380 g/mol. The molecule has 2 fully saturated rings. The van der Waals surface area contributed by atoms with Gasteiger partial charge in [0, 0.05) is 43.5 Å². The minimum absolute atomic E-state index is 0.102. The molecule has 1 amide bonds. The van der Waals surface area contributed by atoms with E-state index < -0.39 is 0 Å². The predicted octanol–water partition coefficient (Wildman–Crippen LogP) is 3.12. The molecule has 2 aliphatic rings. The Morgan fingerprint density at radius 1 is 1.00 bits per heavy atom. The molecule has 1 aromatic heterocycles. The van der Waals surface area contributed by atoms with Crippen molar-refractivity contribution in [1.29, 1.82) is 0 Å². The third kappa shape index (κ3) is 4.33.